The van der Waals surface area contributed by atoms with Crippen LogP contribution in [0.4, 0.5) is 0 Å². The lowest BCUT2D eigenvalue weighted by Gasteiger charge is -2.34. The van der Waals surface area contributed by atoms with Crippen LogP contribution in [0.15, 0.2) is 22.7 Å². The highest BCUT2D eigenvalue weighted by Gasteiger charge is 2.27. The molecule has 0 aliphatic carbocycles. The quantitative estimate of drug-likeness (QED) is 0.863. The number of aromatic nitrogens is 2. The first kappa shape index (κ1) is 16.0. The number of benzene rings is 1. The van der Waals surface area contributed by atoms with Gasteiger partial charge in [-0.15, -0.1) is 0 Å². The van der Waals surface area contributed by atoms with Crippen molar-refractivity contribution in [3.63, 3.8) is 0 Å². The topological polar surface area (TPSA) is 51.4 Å². The maximum absolute atomic E-state index is 6.15. The van der Waals surface area contributed by atoms with Crippen molar-refractivity contribution in [1.29, 1.82) is 0 Å². The summed E-state index contributed by atoms with van der Waals surface area (Å²) in [5, 5.41) is 3.88. The largest absolute Gasteiger partial charge is 0.490 e. The number of aryl methyl sites for hydroxylation is 3. The number of nitrogens with zero attached hydrogens (tertiary/aromatic N) is 3. The van der Waals surface area contributed by atoms with Crippen molar-refractivity contribution in [2.75, 3.05) is 13.1 Å². The van der Waals surface area contributed by atoms with E-state index in [1.807, 2.05) is 6.92 Å². The molecule has 2 heterocycles. The van der Waals surface area contributed by atoms with E-state index in [1.165, 1.54) is 11.1 Å². The average Bonchev–Trinajstić information content (AvgIpc) is 2.97. The van der Waals surface area contributed by atoms with Gasteiger partial charge >= 0.3 is 0 Å². The molecule has 0 unspecified atom stereocenters. The highest BCUT2D eigenvalue weighted by atomic mass is 16.5. The summed E-state index contributed by atoms with van der Waals surface area (Å²) in [5.74, 6) is 2.38. The van der Waals surface area contributed by atoms with Crippen LogP contribution in [0.3, 0.4) is 0 Å². The highest BCUT2D eigenvalue weighted by Crippen LogP contribution is 2.26. The van der Waals surface area contributed by atoms with Crippen LogP contribution in [0.2, 0.25) is 0 Å². The second-order valence-corrected chi connectivity index (χ2v) is 6.46. The summed E-state index contributed by atoms with van der Waals surface area (Å²) in [4.78, 5) is 6.72. The van der Waals surface area contributed by atoms with Gasteiger partial charge in [0.15, 0.2) is 5.82 Å². The van der Waals surface area contributed by atoms with Gasteiger partial charge in [-0.3, -0.25) is 4.90 Å². The van der Waals surface area contributed by atoms with Gasteiger partial charge in [-0.1, -0.05) is 11.2 Å². The van der Waals surface area contributed by atoms with Gasteiger partial charge in [0.1, 0.15) is 11.9 Å². The third-order valence-electron chi connectivity index (χ3n) is 4.71. The number of rotatable bonds is 4. The molecule has 0 bridgehead atoms. The monoisotopic (exact) mass is 315 g/mol. The Labute approximate surface area is 137 Å². The number of hydrogen-bond donors (Lipinski definition) is 0. The van der Waals surface area contributed by atoms with Crippen LogP contribution in [-0.2, 0) is 0 Å². The molecule has 23 heavy (non-hydrogen) atoms. The molecule has 1 fully saturated rings. The van der Waals surface area contributed by atoms with Crippen molar-refractivity contribution in [2.24, 2.45) is 0 Å². The summed E-state index contributed by atoms with van der Waals surface area (Å²) in [6.45, 7) is 10.2. The zero-order chi connectivity index (χ0) is 16.4. The molecule has 124 valence electrons. The van der Waals surface area contributed by atoms with Gasteiger partial charge in [0, 0.05) is 13.1 Å². The van der Waals surface area contributed by atoms with Crippen LogP contribution in [0, 0.1) is 20.8 Å². The predicted octanol–water partition coefficient (Wildman–Crippen LogP) is 3.60. The molecule has 0 N–H and O–H groups in total. The fraction of sp³-hybridized carbons (Fsp3) is 0.556. The van der Waals surface area contributed by atoms with Crippen molar-refractivity contribution >= 4 is 0 Å². The number of hydrogen-bond acceptors (Lipinski definition) is 5. The Kier molecular flexibility index (Phi) is 4.66. The van der Waals surface area contributed by atoms with Gasteiger partial charge in [0.2, 0.25) is 5.89 Å². The van der Waals surface area contributed by atoms with E-state index in [0.29, 0.717) is 11.7 Å². The average molecular weight is 315 g/mol. The van der Waals surface area contributed by atoms with Crippen LogP contribution < -0.4 is 4.74 Å². The molecule has 0 amide bonds. The molecule has 1 atom stereocenters. The zero-order valence-electron chi connectivity index (χ0n) is 14.4. The Bertz CT molecular complexity index is 660. The van der Waals surface area contributed by atoms with E-state index in [4.69, 9.17) is 9.26 Å². The summed E-state index contributed by atoms with van der Waals surface area (Å²) >= 11 is 0. The molecule has 5 nitrogen and oxygen atoms in total. The van der Waals surface area contributed by atoms with Crippen molar-refractivity contribution < 1.29 is 9.26 Å². The molecule has 0 saturated carbocycles. The van der Waals surface area contributed by atoms with Crippen molar-refractivity contribution in [3.05, 3.63) is 41.0 Å². The number of likely N-dealkylation sites (tertiary alicyclic amines) is 1. The van der Waals surface area contributed by atoms with E-state index in [2.05, 4.69) is 54.0 Å². The van der Waals surface area contributed by atoms with Gasteiger partial charge in [-0.05, 0) is 63.8 Å². The minimum Gasteiger partial charge on any atom is -0.490 e. The van der Waals surface area contributed by atoms with Crippen LogP contribution >= 0.6 is 0 Å². The van der Waals surface area contributed by atoms with Crippen LogP contribution in [-0.4, -0.2) is 34.2 Å². The molecule has 2 aromatic rings. The van der Waals surface area contributed by atoms with Gasteiger partial charge in [-0.2, -0.15) is 4.98 Å². The van der Waals surface area contributed by atoms with E-state index >= 15 is 0 Å². The van der Waals surface area contributed by atoms with E-state index in [9.17, 15) is 0 Å². The zero-order valence-corrected chi connectivity index (χ0v) is 14.4. The molecule has 3 rings (SSSR count). The molecular weight excluding hydrogens is 290 g/mol. The molecule has 0 radical (unpaired) electrons. The Hall–Kier alpha value is -1.88. The summed E-state index contributed by atoms with van der Waals surface area (Å²) in [6, 6.07) is 6.49. The maximum atomic E-state index is 6.15. The van der Waals surface area contributed by atoms with Crippen LogP contribution in [0.1, 0.15) is 48.6 Å². The second kappa shape index (κ2) is 6.71. The van der Waals surface area contributed by atoms with Gasteiger partial charge in [0.05, 0.1) is 6.04 Å². The second-order valence-electron chi connectivity index (χ2n) is 6.46. The Balaban J connectivity index is 1.54. The van der Waals surface area contributed by atoms with Crippen LogP contribution in [0.5, 0.6) is 5.75 Å². The molecule has 1 aliphatic heterocycles. The fourth-order valence-electron chi connectivity index (χ4n) is 3.00. The smallest absolute Gasteiger partial charge is 0.243 e. The summed E-state index contributed by atoms with van der Waals surface area (Å²) < 4.78 is 11.4. The number of ether oxygens (including phenoxy) is 1. The molecule has 1 aromatic carbocycles. The molecule has 5 heteroatoms. The SMILES string of the molecule is Cc1noc([C@H](C)N2CCC(Oc3ccc(C)c(C)c3)CC2)n1. The van der Waals surface area contributed by atoms with E-state index in [1.54, 1.807) is 0 Å². The van der Waals surface area contributed by atoms with Crippen LogP contribution in [0.25, 0.3) is 0 Å². The lowest BCUT2D eigenvalue weighted by molar-refractivity contribution is 0.0700. The minimum absolute atomic E-state index is 0.166. The van der Waals surface area contributed by atoms with Crippen molar-refractivity contribution in [1.82, 2.24) is 15.0 Å². The first-order valence-corrected chi connectivity index (χ1v) is 8.31. The molecular formula is C18H25N3O2. The lowest BCUT2D eigenvalue weighted by Crippen LogP contribution is -2.39. The standard InChI is InChI=1S/C18H25N3O2/c1-12-5-6-17(11-13(12)2)22-16-7-9-21(10-8-16)14(3)18-19-15(4)20-23-18/h5-6,11,14,16H,7-10H2,1-4H3/t14-/m0/s1. The van der Waals surface area contributed by atoms with Gasteiger partial charge in [-0.25, -0.2) is 0 Å². The maximum Gasteiger partial charge on any atom is 0.243 e. The Morgan fingerprint density at radius 1 is 1.17 bits per heavy atom. The first-order valence-electron chi connectivity index (χ1n) is 8.31. The molecule has 1 saturated heterocycles. The normalized spacial score (nSPS) is 18.1. The van der Waals surface area contributed by atoms with E-state index in [0.717, 1.165) is 31.7 Å². The fourth-order valence-corrected chi connectivity index (χ4v) is 3.00. The molecule has 1 aliphatic rings. The van der Waals surface area contributed by atoms with Gasteiger partial charge < -0.3 is 9.26 Å². The first-order chi connectivity index (χ1) is 11.0. The molecule has 1 aromatic heterocycles. The Morgan fingerprint density at radius 3 is 2.52 bits per heavy atom. The van der Waals surface area contributed by atoms with Gasteiger partial charge in [0.25, 0.3) is 0 Å². The Morgan fingerprint density at radius 2 is 1.91 bits per heavy atom. The summed E-state index contributed by atoms with van der Waals surface area (Å²) in [5.41, 5.74) is 2.58. The van der Waals surface area contributed by atoms with E-state index in [-0.39, 0.29) is 12.1 Å². The highest BCUT2D eigenvalue weighted by molar-refractivity contribution is 5.33. The summed E-state index contributed by atoms with van der Waals surface area (Å²) in [6.07, 6.45) is 2.32. The number of piperidine rings is 1. The molecule has 0 spiro atoms. The summed E-state index contributed by atoms with van der Waals surface area (Å²) in [7, 11) is 0. The van der Waals surface area contributed by atoms with Crippen molar-refractivity contribution in [2.45, 2.75) is 52.7 Å². The lowest BCUT2D eigenvalue weighted by atomic mass is 10.1. The predicted molar refractivity (Wildman–Crippen MR) is 88.6 cm³/mol. The third-order valence-corrected chi connectivity index (χ3v) is 4.71. The third kappa shape index (κ3) is 3.72. The minimum atomic E-state index is 0.166. The van der Waals surface area contributed by atoms with E-state index < -0.39 is 0 Å². The van der Waals surface area contributed by atoms with Crippen molar-refractivity contribution in [3.8, 4) is 5.75 Å².